The Balaban J connectivity index is 1.85. The molecule has 134 valence electrons. The summed E-state index contributed by atoms with van der Waals surface area (Å²) in [4.78, 5) is 38.8. The fourth-order valence-electron chi connectivity index (χ4n) is 2.44. The van der Waals surface area contributed by atoms with Crippen molar-refractivity contribution in [1.29, 1.82) is 0 Å². The lowest BCUT2D eigenvalue weighted by molar-refractivity contribution is -0.141. The van der Waals surface area contributed by atoms with Crippen molar-refractivity contribution in [2.45, 2.75) is 19.5 Å². The first-order valence-corrected chi connectivity index (χ1v) is 8.48. The zero-order valence-electron chi connectivity index (χ0n) is 13.7. The van der Waals surface area contributed by atoms with E-state index in [0.717, 1.165) is 32.7 Å². The number of aliphatic imine (C=N–C) groups is 1. The first-order valence-electron chi connectivity index (χ1n) is 7.66. The minimum absolute atomic E-state index is 0.298. The predicted molar refractivity (Wildman–Crippen MR) is 97.9 cm³/mol. The van der Waals surface area contributed by atoms with Crippen LogP contribution in [0.5, 0.6) is 5.88 Å². The van der Waals surface area contributed by atoms with E-state index in [-0.39, 0.29) is 5.88 Å². The van der Waals surface area contributed by atoms with Gasteiger partial charge >= 0.3 is 10.8 Å². The maximum Gasteiger partial charge on any atom is 0.325 e. The number of nitrogens with zero attached hydrogens (tertiary/aromatic N) is 2. The fraction of sp³-hybridized carbons (Fsp3) is 0.176. The van der Waals surface area contributed by atoms with Crippen molar-refractivity contribution in [2.24, 2.45) is 4.99 Å². The van der Waals surface area contributed by atoms with Crippen LogP contribution in [0.2, 0.25) is 0 Å². The molecule has 1 aliphatic heterocycles. The van der Waals surface area contributed by atoms with Crippen molar-refractivity contribution in [1.82, 2.24) is 9.88 Å². The van der Waals surface area contributed by atoms with Crippen LogP contribution in [0.1, 0.15) is 17.4 Å². The molecule has 1 atom stereocenters. The molecule has 0 saturated carbocycles. The Kier molecular flexibility index (Phi) is 4.72. The second-order valence-corrected chi connectivity index (χ2v) is 6.64. The van der Waals surface area contributed by atoms with Gasteiger partial charge in [0.2, 0.25) is 11.8 Å². The Hall–Kier alpha value is -3.20. The second-order valence-electron chi connectivity index (χ2n) is 5.64. The Bertz CT molecular complexity index is 1000. The van der Waals surface area contributed by atoms with E-state index in [1.165, 1.54) is 6.92 Å². The van der Waals surface area contributed by atoms with Crippen molar-refractivity contribution in [3.05, 3.63) is 44.4 Å². The molecule has 1 aromatic carbocycles. The molecule has 3 rings (SSSR count). The maximum atomic E-state index is 12.1. The largest absolute Gasteiger partial charge is 0.493 e. The summed E-state index contributed by atoms with van der Waals surface area (Å²) in [7, 11) is 0. The number of aliphatic carboxylic acids is 1. The lowest BCUT2D eigenvalue weighted by Gasteiger charge is -2.09. The summed E-state index contributed by atoms with van der Waals surface area (Å²) < 4.78 is 0.902. The van der Waals surface area contributed by atoms with Crippen LogP contribution in [0.15, 0.2) is 34.1 Å². The molecule has 26 heavy (non-hydrogen) atoms. The molecule has 1 aliphatic rings. The van der Waals surface area contributed by atoms with E-state index in [0.29, 0.717) is 4.88 Å². The van der Waals surface area contributed by atoms with E-state index in [1.54, 1.807) is 12.3 Å². The van der Waals surface area contributed by atoms with Crippen LogP contribution in [0.3, 0.4) is 0 Å². The molecule has 1 unspecified atom stereocenters. The number of carboxylic acids is 1. The molecule has 0 bridgehead atoms. The molecule has 0 fully saturated rings. The van der Waals surface area contributed by atoms with Crippen LogP contribution >= 0.6 is 11.3 Å². The highest BCUT2D eigenvalue weighted by Gasteiger charge is 2.20. The number of amides is 1. The molecular weight excluding hydrogens is 358 g/mol. The zero-order valence-corrected chi connectivity index (χ0v) is 14.5. The number of allylic oxidation sites excluding steroid dienone is 1. The van der Waals surface area contributed by atoms with E-state index in [9.17, 15) is 19.5 Å². The van der Waals surface area contributed by atoms with Gasteiger partial charge in [-0.05, 0) is 19.1 Å². The van der Waals surface area contributed by atoms with Gasteiger partial charge in [0.15, 0.2) is 0 Å². The maximum absolute atomic E-state index is 12.1. The number of carbonyl (C=O) groups is 2. The molecule has 0 saturated heterocycles. The van der Waals surface area contributed by atoms with E-state index in [4.69, 9.17) is 5.11 Å². The summed E-state index contributed by atoms with van der Waals surface area (Å²) in [6.07, 6.45) is 3.27. The molecule has 0 radical (unpaired) electrons. The van der Waals surface area contributed by atoms with Gasteiger partial charge in [0.25, 0.3) is 0 Å². The van der Waals surface area contributed by atoms with E-state index in [2.05, 4.69) is 10.3 Å². The van der Waals surface area contributed by atoms with E-state index in [1.807, 2.05) is 24.3 Å². The summed E-state index contributed by atoms with van der Waals surface area (Å²) in [6.45, 7) is 0.843. The Labute approximate surface area is 151 Å². The number of aromatic hydroxyl groups is 1. The average molecular weight is 373 g/mol. The highest BCUT2D eigenvalue weighted by Crippen LogP contribution is 2.34. The molecule has 0 spiro atoms. The van der Waals surface area contributed by atoms with Crippen LogP contribution in [-0.2, 0) is 16.1 Å². The average Bonchev–Trinajstić information content (AvgIpc) is 3.11. The number of aromatic nitrogens is 1. The lowest BCUT2D eigenvalue weighted by Crippen LogP contribution is -2.40. The molecule has 3 N–H and O–H groups in total. The molecule has 9 heteroatoms. The quantitative estimate of drug-likeness (QED) is 0.733. The van der Waals surface area contributed by atoms with Crippen molar-refractivity contribution < 1.29 is 19.8 Å². The predicted octanol–water partition coefficient (Wildman–Crippen LogP) is 1.46. The number of carbonyl (C=O) groups excluding carboxylic acids is 1. The third-order valence-corrected chi connectivity index (χ3v) is 4.70. The fourth-order valence-corrected chi connectivity index (χ4v) is 3.27. The van der Waals surface area contributed by atoms with Crippen LogP contribution in [0.25, 0.3) is 11.6 Å². The Morgan fingerprint density at radius 1 is 1.38 bits per heavy atom. The van der Waals surface area contributed by atoms with Gasteiger partial charge in [-0.2, -0.15) is 0 Å². The topological polar surface area (TPSA) is 121 Å². The number of benzene rings is 1. The SMILES string of the molecule is CC(NC(=O)Cn1c(O)c(/C=C2/C=Nc3ccccc32)sc1=O)C(=O)O. The zero-order chi connectivity index (χ0) is 18.8. The van der Waals surface area contributed by atoms with Gasteiger partial charge in [0.05, 0.1) is 10.6 Å². The summed E-state index contributed by atoms with van der Waals surface area (Å²) >= 11 is 0.793. The number of fused-ring (bicyclic) bond motifs is 1. The first-order chi connectivity index (χ1) is 12.4. The van der Waals surface area contributed by atoms with Gasteiger partial charge in [-0.25, -0.2) is 0 Å². The van der Waals surface area contributed by atoms with Gasteiger partial charge in [0, 0.05) is 17.4 Å². The molecule has 0 aliphatic carbocycles. The smallest absolute Gasteiger partial charge is 0.325 e. The summed E-state index contributed by atoms with van der Waals surface area (Å²) in [5, 5.41) is 21.3. The van der Waals surface area contributed by atoms with Crippen LogP contribution < -0.4 is 10.2 Å². The molecule has 1 aromatic heterocycles. The highest BCUT2D eigenvalue weighted by atomic mass is 32.1. The number of carboxylic acid groups (broad SMARTS) is 1. The number of rotatable bonds is 5. The van der Waals surface area contributed by atoms with Gasteiger partial charge in [-0.3, -0.25) is 23.9 Å². The Morgan fingerprint density at radius 2 is 2.12 bits per heavy atom. The number of hydrogen-bond donors (Lipinski definition) is 3. The molecule has 2 aromatic rings. The van der Waals surface area contributed by atoms with Gasteiger partial charge < -0.3 is 15.5 Å². The molecule has 1 amide bonds. The number of para-hydroxylation sites is 1. The van der Waals surface area contributed by atoms with Crippen LogP contribution in [0.4, 0.5) is 5.69 Å². The second kappa shape index (κ2) is 6.96. The standard InChI is InChI=1S/C17H15N3O5S/c1-9(16(23)24)19-14(21)8-20-15(22)13(26-17(20)25)6-10-7-18-12-5-3-2-4-11(10)12/h2-7,9,22H,8H2,1H3,(H,19,21)(H,23,24)/b10-6-. The first kappa shape index (κ1) is 17.6. The normalized spacial score (nSPS) is 15.0. The monoisotopic (exact) mass is 373 g/mol. The van der Waals surface area contributed by atoms with Crippen LogP contribution in [0, 0.1) is 0 Å². The van der Waals surface area contributed by atoms with E-state index >= 15 is 0 Å². The minimum atomic E-state index is -1.19. The minimum Gasteiger partial charge on any atom is -0.493 e. The number of thiazole rings is 1. The van der Waals surface area contributed by atoms with Gasteiger partial charge in [0.1, 0.15) is 12.6 Å². The molecule has 8 nitrogen and oxygen atoms in total. The number of nitrogens with one attached hydrogen (secondary N) is 1. The van der Waals surface area contributed by atoms with Crippen molar-refractivity contribution in [3.8, 4) is 5.88 Å². The lowest BCUT2D eigenvalue weighted by atomic mass is 10.1. The van der Waals surface area contributed by atoms with E-state index < -0.39 is 29.3 Å². The summed E-state index contributed by atoms with van der Waals surface area (Å²) in [5.41, 5.74) is 2.42. The third kappa shape index (κ3) is 3.42. The third-order valence-electron chi connectivity index (χ3n) is 3.79. The van der Waals surface area contributed by atoms with Crippen LogP contribution in [-0.4, -0.2) is 38.9 Å². The molecule has 2 heterocycles. The van der Waals surface area contributed by atoms with Gasteiger partial charge in [-0.1, -0.05) is 29.5 Å². The summed E-state index contributed by atoms with van der Waals surface area (Å²) in [5.74, 6) is -2.21. The van der Waals surface area contributed by atoms with Crippen molar-refractivity contribution in [2.75, 3.05) is 0 Å². The highest BCUT2D eigenvalue weighted by molar-refractivity contribution is 7.10. The Morgan fingerprint density at radius 3 is 2.85 bits per heavy atom. The molecular formula is C17H15N3O5S. The summed E-state index contributed by atoms with van der Waals surface area (Å²) in [6, 6.07) is 6.37. The van der Waals surface area contributed by atoms with Gasteiger partial charge in [-0.15, -0.1) is 0 Å². The van der Waals surface area contributed by atoms with Crippen molar-refractivity contribution in [3.63, 3.8) is 0 Å². The van der Waals surface area contributed by atoms with Crippen molar-refractivity contribution >= 4 is 46.8 Å². The number of hydrogen-bond acceptors (Lipinski definition) is 6.